The van der Waals surface area contributed by atoms with Crippen molar-refractivity contribution in [2.75, 3.05) is 26.2 Å². The summed E-state index contributed by atoms with van der Waals surface area (Å²) in [6, 6.07) is 10.3. The Bertz CT molecular complexity index is 918. The van der Waals surface area contributed by atoms with Crippen LogP contribution in [0.25, 0.3) is 5.76 Å². The van der Waals surface area contributed by atoms with Gasteiger partial charge in [0.15, 0.2) is 0 Å². The largest absolute Gasteiger partial charge is 0.507 e. The number of aliphatic hydroxyl groups excluding tert-OH is 1. The minimum atomic E-state index is -0.642. The maximum Gasteiger partial charge on any atom is 0.295 e. The van der Waals surface area contributed by atoms with Crippen molar-refractivity contribution < 1.29 is 19.6 Å². The van der Waals surface area contributed by atoms with Gasteiger partial charge in [-0.1, -0.05) is 35.9 Å². The van der Waals surface area contributed by atoms with E-state index in [1.165, 1.54) is 4.90 Å². The molecule has 0 unspecified atom stereocenters. The maximum absolute atomic E-state index is 13.0. The van der Waals surface area contributed by atoms with Gasteiger partial charge in [-0.3, -0.25) is 14.6 Å². The lowest BCUT2D eigenvalue weighted by atomic mass is 9.96. The van der Waals surface area contributed by atoms with Crippen molar-refractivity contribution in [1.29, 1.82) is 0 Å². The third-order valence-corrected chi connectivity index (χ3v) is 5.79. The number of aromatic nitrogens is 1. The van der Waals surface area contributed by atoms with E-state index in [2.05, 4.69) is 18.8 Å². The Morgan fingerprint density at radius 3 is 2.43 bits per heavy atom. The average molecular weight is 409 g/mol. The van der Waals surface area contributed by atoms with E-state index in [1.807, 2.05) is 25.1 Å². The number of nitrogens with zero attached hydrogens (tertiary/aromatic N) is 2. The van der Waals surface area contributed by atoms with Gasteiger partial charge in [0.25, 0.3) is 11.7 Å². The molecule has 3 rings (SSSR count). The lowest BCUT2D eigenvalue weighted by Gasteiger charge is -2.25. The van der Waals surface area contributed by atoms with E-state index in [4.69, 9.17) is 0 Å². The predicted molar refractivity (Wildman–Crippen MR) is 116 cm³/mol. The monoisotopic (exact) mass is 408 g/mol. The number of Topliss-reactive ketones (excluding diaryl/α,β-unsaturated/α-hetero) is 1. The van der Waals surface area contributed by atoms with Crippen LogP contribution in [0.4, 0.5) is 0 Å². The van der Waals surface area contributed by atoms with Crippen LogP contribution in [0, 0.1) is 6.92 Å². The highest BCUT2D eigenvalue weighted by atomic mass is 16.3. The van der Waals surface area contributed by atoms with Gasteiger partial charge in [-0.05, 0) is 32.4 Å². The van der Waals surface area contributed by atoms with Gasteiger partial charge in [-0.25, -0.2) is 0 Å². The lowest BCUT2D eigenvalue weighted by Crippen LogP contribution is -3.11. The third-order valence-electron chi connectivity index (χ3n) is 5.79. The predicted octanol–water partition coefficient (Wildman–Crippen LogP) is 2.13. The molecule has 1 fully saturated rings. The Balaban J connectivity index is 1.99. The number of benzene rings is 1. The van der Waals surface area contributed by atoms with E-state index in [-0.39, 0.29) is 11.3 Å². The van der Waals surface area contributed by atoms with E-state index < -0.39 is 17.7 Å². The van der Waals surface area contributed by atoms with Crippen molar-refractivity contribution in [3.63, 3.8) is 0 Å². The highest BCUT2D eigenvalue weighted by molar-refractivity contribution is 6.46. The third kappa shape index (κ3) is 4.44. The molecule has 6 heteroatoms. The Kier molecular flexibility index (Phi) is 7.00. The van der Waals surface area contributed by atoms with Gasteiger partial charge in [-0.2, -0.15) is 0 Å². The first kappa shape index (κ1) is 21.7. The summed E-state index contributed by atoms with van der Waals surface area (Å²) >= 11 is 0. The normalized spacial score (nSPS) is 18.4. The number of aliphatic hydroxyl groups is 1. The fourth-order valence-corrected chi connectivity index (χ4v) is 3.96. The first-order valence-corrected chi connectivity index (χ1v) is 10.6. The topological polar surface area (TPSA) is 74.9 Å². The molecule has 1 aliphatic heterocycles. The fourth-order valence-electron chi connectivity index (χ4n) is 3.96. The SMILES string of the molecule is CC[NH+](CC)CCCN1C(=O)C(=O)C(=C(O)c2ccc(C)cc2)[C@@H]1c1cccnc1. The Hall–Kier alpha value is -2.99. The Morgan fingerprint density at radius 1 is 1.13 bits per heavy atom. The zero-order valence-electron chi connectivity index (χ0n) is 17.9. The van der Waals surface area contributed by atoms with Crippen LogP contribution in [0.2, 0.25) is 0 Å². The molecule has 0 radical (unpaired) electrons. The molecule has 0 saturated carbocycles. The summed E-state index contributed by atoms with van der Waals surface area (Å²) in [5.41, 5.74) is 2.43. The number of rotatable bonds is 8. The van der Waals surface area contributed by atoms with Crippen molar-refractivity contribution >= 4 is 17.4 Å². The molecule has 158 valence electrons. The summed E-state index contributed by atoms with van der Waals surface area (Å²) < 4.78 is 0. The first-order chi connectivity index (χ1) is 14.5. The maximum atomic E-state index is 13.0. The van der Waals surface area contributed by atoms with Gasteiger partial charge in [0.05, 0.1) is 31.2 Å². The molecule has 1 amide bonds. The second-order valence-electron chi connectivity index (χ2n) is 7.71. The van der Waals surface area contributed by atoms with Crippen LogP contribution in [0.15, 0.2) is 54.4 Å². The van der Waals surface area contributed by atoms with Gasteiger partial charge < -0.3 is 14.9 Å². The minimum absolute atomic E-state index is 0.132. The number of likely N-dealkylation sites (tertiary alicyclic amines) is 1. The summed E-state index contributed by atoms with van der Waals surface area (Å²) in [6.45, 7) is 9.66. The number of aryl methyl sites for hydroxylation is 1. The molecule has 30 heavy (non-hydrogen) atoms. The van der Waals surface area contributed by atoms with E-state index in [1.54, 1.807) is 35.5 Å². The highest BCUT2D eigenvalue weighted by Gasteiger charge is 2.45. The molecular weight excluding hydrogens is 378 g/mol. The molecule has 1 aromatic heterocycles. The van der Waals surface area contributed by atoms with Gasteiger partial charge in [0, 0.05) is 30.9 Å². The van der Waals surface area contributed by atoms with E-state index in [0.29, 0.717) is 12.1 Å². The van der Waals surface area contributed by atoms with Crippen LogP contribution in [0.5, 0.6) is 0 Å². The van der Waals surface area contributed by atoms with Crippen LogP contribution in [-0.2, 0) is 9.59 Å². The Labute approximate surface area is 177 Å². The number of amides is 1. The van der Waals surface area contributed by atoms with Gasteiger partial charge in [0.1, 0.15) is 5.76 Å². The summed E-state index contributed by atoms with van der Waals surface area (Å²) in [5.74, 6) is -1.34. The fraction of sp³-hybridized carbons (Fsp3) is 0.375. The van der Waals surface area contributed by atoms with E-state index >= 15 is 0 Å². The smallest absolute Gasteiger partial charge is 0.295 e. The van der Waals surface area contributed by atoms with Crippen LogP contribution < -0.4 is 4.90 Å². The summed E-state index contributed by atoms with van der Waals surface area (Å²) in [5, 5.41) is 11.0. The van der Waals surface area contributed by atoms with Crippen molar-refractivity contribution in [3.8, 4) is 0 Å². The minimum Gasteiger partial charge on any atom is -0.507 e. The van der Waals surface area contributed by atoms with Gasteiger partial charge in [0.2, 0.25) is 0 Å². The van der Waals surface area contributed by atoms with Gasteiger partial charge >= 0.3 is 0 Å². The number of pyridine rings is 1. The summed E-state index contributed by atoms with van der Waals surface area (Å²) in [6.07, 6.45) is 4.09. The summed E-state index contributed by atoms with van der Waals surface area (Å²) in [4.78, 5) is 33.1. The molecule has 1 saturated heterocycles. The average Bonchev–Trinajstić information content (AvgIpc) is 3.02. The quantitative estimate of drug-likeness (QED) is 0.399. The van der Waals surface area contributed by atoms with Crippen molar-refractivity contribution in [2.45, 2.75) is 33.2 Å². The number of ketones is 1. The number of hydrogen-bond donors (Lipinski definition) is 2. The van der Waals surface area contributed by atoms with Crippen molar-refractivity contribution in [3.05, 3.63) is 71.1 Å². The van der Waals surface area contributed by atoms with Gasteiger partial charge in [-0.15, -0.1) is 0 Å². The molecule has 0 aliphatic carbocycles. The molecule has 2 aromatic rings. The van der Waals surface area contributed by atoms with Crippen LogP contribution >= 0.6 is 0 Å². The molecule has 1 aromatic carbocycles. The van der Waals surface area contributed by atoms with Crippen LogP contribution in [0.3, 0.4) is 0 Å². The van der Waals surface area contributed by atoms with Crippen molar-refractivity contribution in [1.82, 2.24) is 9.88 Å². The molecular formula is C24H30N3O3+. The number of quaternary nitrogens is 1. The second kappa shape index (κ2) is 9.67. The second-order valence-corrected chi connectivity index (χ2v) is 7.71. The van der Waals surface area contributed by atoms with Crippen LogP contribution in [0.1, 0.15) is 43.0 Å². The molecule has 1 aliphatic rings. The zero-order chi connectivity index (χ0) is 21.7. The number of hydrogen-bond acceptors (Lipinski definition) is 4. The number of carbonyl (C=O) groups is 2. The van der Waals surface area contributed by atoms with Crippen LogP contribution in [-0.4, -0.2) is 52.9 Å². The van der Waals surface area contributed by atoms with E-state index in [9.17, 15) is 14.7 Å². The van der Waals surface area contributed by atoms with E-state index in [0.717, 1.165) is 37.2 Å². The van der Waals surface area contributed by atoms with Crippen molar-refractivity contribution in [2.24, 2.45) is 0 Å². The molecule has 6 nitrogen and oxygen atoms in total. The zero-order valence-corrected chi connectivity index (χ0v) is 17.9. The molecule has 1 atom stereocenters. The molecule has 2 heterocycles. The lowest BCUT2D eigenvalue weighted by molar-refractivity contribution is -0.896. The molecule has 0 bridgehead atoms. The first-order valence-electron chi connectivity index (χ1n) is 10.6. The Morgan fingerprint density at radius 2 is 1.83 bits per heavy atom. The molecule has 2 N–H and O–H groups in total. The molecule has 0 spiro atoms. The summed E-state index contributed by atoms with van der Waals surface area (Å²) in [7, 11) is 0. The number of carbonyl (C=O) groups excluding carboxylic acids is 2. The standard InChI is InChI=1S/C24H29N3O3/c1-4-26(5-2)14-7-15-27-21(19-8-6-13-25-16-19)20(23(29)24(27)30)22(28)18-11-9-17(3)10-12-18/h6,8-13,16,21,28H,4-5,7,14-15H2,1-3H3/p+1/t21-/m0/s1. The highest BCUT2D eigenvalue weighted by Crippen LogP contribution is 2.39. The number of nitrogens with one attached hydrogen (secondary N) is 1.